The molecule has 0 atom stereocenters. The van der Waals surface area contributed by atoms with Crippen molar-refractivity contribution in [2.45, 2.75) is 58.9 Å². The second-order valence-electron chi connectivity index (χ2n) is 11.9. The van der Waals surface area contributed by atoms with Gasteiger partial charge in [-0.25, -0.2) is 9.18 Å². The Morgan fingerprint density at radius 3 is 2.41 bits per heavy atom. The number of rotatable bonds is 6. The van der Waals surface area contributed by atoms with Gasteiger partial charge in [-0.1, -0.05) is 13.0 Å². The topological polar surface area (TPSA) is 123 Å². The zero-order valence-corrected chi connectivity index (χ0v) is 25.9. The average molecular weight is 650 g/mol. The molecule has 2 aliphatic heterocycles. The van der Waals surface area contributed by atoms with Crippen molar-refractivity contribution >= 4 is 34.7 Å². The molecule has 12 nitrogen and oxygen atoms in total. The molecule has 5 rings (SSSR count). The van der Waals surface area contributed by atoms with E-state index in [1.807, 2.05) is 11.0 Å². The van der Waals surface area contributed by atoms with E-state index in [2.05, 4.69) is 15.4 Å². The molecule has 46 heavy (non-hydrogen) atoms. The number of nitrogens with one attached hydrogen (secondary N) is 1. The number of hydrogen-bond acceptors (Lipinski definition) is 8. The minimum absolute atomic E-state index is 0.0726. The predicted octanol–water partition coefficient (Wildman–Crippen LogP) is 4.11. The lowest BCUT2D eigenvalue weighted by Crippen LogP contribution is -2.51. The number of alkyl halides is 3. The summed E-state index contributed by atoms with van der Waals surface area (Å²) in [4.78, 5) is 47.9. The van der Waals surface area contributed by atoms with Gasteiger partial charge in [0.05, 0.1) is 30.2 Å². The molecular formula is C30H35F4N7O5. The monoisotopic (exact) mass is 649 g/mol. The normalized spacial score (nSPS) is 16.0. The molecule has 1 saturated heterocycles. The van der Waals surface area contributed by atoms with Gasteiger partial charge >= 0.3 is 12.3 Å². The standard InChI is InChI=1S/C30H35F4N7O5/c1-5-22-24(38-10-12-39(13-11-38)28(44)46-29(2,3)4)26(43)41-27(36-25(37-41)18-8-14-45-15-9-18)40(22)17-23(42)35-21-7-6-19(16-20(21)31)30(32,33)34/h6-8,16H,5,9-15,17H2,1-4H3,(H,35,42). The summed E-state index contributed by atoms with van der Waals surface area (Å²) in [7, 11) is 0. The Kier molecular flexibility index (Phi) is 9.11. The highest BCUT2D eigenvalue weighted by atomic mass is 19.4. The van der Waals surface area contributed by atoms with Crippen molar-refractivity contribution in [3.05, 3.63) is 57.5 Å². The second-order valence-corrected chi connectivity index (χ2v) is 11.9. The first-order chi connectivity index (χ1) is 21.7. The van der Waals surface area contributed by atoms with Gasteiger partial charge in [-0.3, -0.25) is 9.59 Å². The van der Waals surface area contributed by atoms with Crippen LogP contribution >= 0.6 is 0 Å². The Hall–Kier alpha value is -4.47. The molecule has 0 spiro atoms. The van der Waals surface area contributed by atoms with Crippen LogP contribution in [0.15, 0.2) is 29.1 Å². The number of carbonyl (C=O) groups excluding carboxylic acids is 2. The summed E-state index contributed by atoms with van der Waals surface area (Å²) in [5.41, 5.74) is -1.26. The number of fused-ring (bicyclic) bond motifs is 1. The molecule has 1 fully saturated rings. The third-order valence-corrected chi connectivity index (χ3v) is 7.53. The number of amides is 2. The van der Waals surface area contributed by atoms with Crippen LogP contribution in [0.25, 0.3) is 11.4 Å². The van der Waals surface area contributed by atoms with Gasteiger partial charge in [-0.05, 0) is 57.4 Å². The number of anilines is 2. The van der Waals surface area contributed by atoms with Crippen LogP contribution in [0, 0.1) is 5.82 Å². The third-order valence-electron chi connectivity index (χ3n) is 7.53. The van der Waals surface area contributed by atoms with Crippen LogP contribution in [-0.2, 0) is 33.4 Å². The van der Waals surface area contributed by atoms with Crippen LogP contribution in [-0.4, -0.2) is 81.1 Å². The minimum Gasteiger partial charge on any atom is -0.444 e. The van der Waals surface area contributed by atoms with Crippen molar-refractivity contribution < 1.29 is 36.6 Å². The van der Waals surface area contributed by atoms with Gasteiger partial charge in [-0.2, -0.15) is 22.7 Å². The highest BCUT2D eigenvalue weighted by Gasteiger charge is 2.32. The highest BCUT2D eigenvalue weighted by Crippen LogP contribution is 2.31. The van der Waals surface area contributed by atoms with Gasteiger partial charge in [0.15, 0.2) is 5.82 Å². The summed E-state index contributed by atoms with van der Waals surface area (Å²) in [6.07, 6.45) is -2.60. The Balaban J connectivity index is 1.51. The Morgan fingerprint density at radius 1 is 1.11 bits per heavy atom. The number of benzene rings is 1. The largest absolute Gasteiger partial charge is 0.444 e. The van der Waals surface area contributed by atoms with Crippen LogP contribution in [0.2, 0.25) is 0 Å². The number of carbonyl (C=O) groups is 2. The Bertz CT molecular complexity index is 1730. The van der Waals surface area contributed by atoms with Crippen LogP contribution < -0.4 is 15.8 Å². The van der Waals surface area contributed by atoms with Gasteiger partial charge in [0.25, 0.3) is 5.56 Å². The second kappa shape index (κ2) is 12.7. The SMILES string of the molecule is CCc1c(N2CCN(C(=O)OC(C)(C)C)CC2)c(=O)n2nc(C3=CCOCC3)nc2n1CC(=O)Nc1ccc(C(F)(F)F)cc1F. The number of nitrogens with zero attached hydrogens (tertiary/aromatic N) is 6. The van der Waals surface area contributed by atoms with Gasteiger partial charge < -0.3 is 29.2 Å². The molecule has 0 saturated carbocycles. The summed E-state index contributed by atoms with van der Waals surface area (Å²) in [5.74, 6) is -1.64. The zero-order valence-electron chi connectivity index (χ0n) is 25.9. The van der Waals surface area contributed by atoms with E-state index in [1.165, 1.54) is 4.57 Å². The Morgan fingerprint density at radius 2 is 1.83 bits per heavy atom. The van der Waals surface area contributed by atoms with E-state index in [0.717, 1.165) is 16.2 Å². The van der Waals surface area contributed by atoms with Crippen molar-refractivity contribution in [1.82, 2.24) is 24.1 Å². The highest BCUT2D eigenvalue weighted by molar-refractivity contribution is 5.91. The van der Waals surface area contributed by atoms with E-state index in [4.69, 9.17) is 9.47 Å². The summed E-state index contributed by atoms with van der Waals surface area (Å²) in [6, 6.07) is 1.83. The van der Waals surface area contributed by atoms with E-state index in [0.29, 0.717) is 50.6 Å². The van der Waals surface area contributed by atoms with Crippen LogP contribution in [0.5, 0.6) is 0 Å². The fourth-order valence-electron chi connectivity index (χ4n) is 5.36. The number of halogens is 4. The smallest absolute Gasteiger partial charge is 0.416 e. The van der Waals surface area contributed by atoms with Gasteiger partial charge in [0.2, 0.25) is 11.7 Å². The molecule has 248 valence electrons. The van der Waals surface area contributed by atoms with Crippen molar-refractivity contribution in [2.24, 2.45) is 0 Å². The van der Waals surface area contributed by atoms with Crippen molar-refractivity contribution in [3.63, 3.8) is 0 Å². The molecule has 1 aromatic carbocycles. The number of aromatic nitrogens is 4. The van der Waals surface area contributed by atoms with E-state index >= 15 is 0 Å². The summed E-state index contributed by atoms with van der Waals surface area (Å²) in [6.45, 7) is 8.61. The zero-order chi connectivity index (χ0) is 33.4. The molecule has 2 aromatic heterocycles. The third kappa shape index (κ3) is 7.00. The first-order valence-electron chi connectivity index (χ1n) is 14.9. The number of ether oxygens (including phenoxy) is 2. The van der Waals surface area contributed by atoms with E-state index in [-0.39, 0.29) is 36.8 Å². The summed E-state index contributed by atoms with van der Waals surface area (Å²) >= 11 is 0. The van der Waals surface area contributed by atoms with Gasteiger partial charge in [0.1, 0.15) is 23.7 Å². The lowest BCUT2D eigenvalue weighted by molar-refractivity contribution is -0.137. The van der Waals surface area contributed by atoms with Gasteiger partial charge in [-0.15, -0.1) is 5.10 Å². The number of hydrogen-bond donors (Lipinski definition) is 1. The lowest BCUT2D eigenvalue weighted by atomic mass is 10.1. The van der Waals surface area contributed by atoms with Gasteiger partial charge in [0, 0.05) is 26.2 Å². The fraction of sp³-hybridized carbons (Fsp3) is 0.500. The van der Waals surface area contributed by atoms with Crippen LogP contribution in [0.4, 0.5) is 33.7 Å². The van der Waals surface area contributed by atoms with E-state index < -0.39 is 52.9 Å². The summed E-state index contributed by atoms with van der Waals surface area (Å²) < 4.78 is 67.2. The Labute approximate surface area is 261 Å². The maximum absolute atomic E-state index is 14.6. The van der Waals surface area contributed by atoms with Crippen LogP contribution in [0.3, 0.4) is 0 Å². The molecule has 0 aliphatic carbocycles. The molecule has 0 radical (unpaired) electrons. The maximum Gasteiger partial charge on any atom is 0.416 e. The minimum atomic E-state index is -4.75. The molecule has 2 aliphatic rings. The first-order valence-corrected chi connectivity index (χ1v) is 14.9. The molecule has 16 heteroatoms. The van der Waals surface area contributed by atoms with E-state index in [1.54, 1.807) is 32.6 Å². The predicted molar refractivity (Wildman–Crippen MR) is 160 cm³/mol. The quantitative estimate of drug-likeness (QED) is 0.396. The summed E-state index contributed by atoms with van der Waals surface area (Å²) in [5, 5.41) is 6.82. The molecule has 0 bridgehead atoms. The lowest BCUT2D eigenvalue weighted by Gasteiger charge is -2.37. The van der Waals surface area contributed by atoms with E-state index in [9.17, 15) is 31.9 Å². The van der Waals surface area contributed by atoms with Crippen molar-refractivity contribution in [2.75, 3.05) is 49.6 Å². The van der Waals surface area contributed by atoms with Crippen molar-refractivity contribution in [1.29, 1.82) is 0 Å². The number of piperazine rings is 1. The molecule has 1 N–H and O–H groups in total. The molecule has 3 aromatic rings. The molecular weight excluding hydrogens is 614 g/mol. The fourth-order valence-corrected chi connectivity index (χ4v) is 5.36. The molecule has 4 heterocycles. The maximum atomic E-state index is 14.6. The first kappa shape index (κ1) is 32.9. The average Bonchev–Trinajstić information content (AvgIpc) is 3.45. The molecule has 2 amide bonds. The van der Waals surface area contributed by atoms with Crippen molar-refractivity contribution in [3.8, 4) is 0 Å². The van der Waals surface area contributed by atoms with Crippen LogP contribution in [0.1, 0.15) is 51.2 Å². The molecule has 0 unspecified atom stereocenters.